The minimum absolute atomic E-state index is 0.605. The number of nitrogens with one attached hydrogen (secondary N) is 1. The number of aryl methyl sites for hydroxylation is 2. The smallest absolute Gasteiger partial charge is 0.219 e. The van der Waals surface area contributed by atoms with Crippen molar-refractivity contribution in [3.05, 3.63) is 35.8 Å². The number of rotatable bonds is 6. The lowest BCUT2D eigenvalue weighted by molar-refractivity contribution is 0.459. The quantitative estimate of drug-likeness (QED) is 0.867. The molecule has 0 fully saturated rings. The highest BCUT2D eigenvalue weighted by molar-refractivity contribution is 5.28. The normalized spacial score (nSPS) is 10.7. The van der Waals surface area contributed by atoms with Crippen LogP contribution in [0.25, 0.3) is 0 Å². The van der Waals surface area contributed by atoms with E-state index in [9.17, 15) is 0 Å². The molecule has 0 amide bonds. The fourth-order valence-electron chi connectivity index (χ4n) is 1.76. The van der Waals surface area contributed by atoms with E-state index in [0.29, 0.717) is 11.6 Å². The molecule has 2 heterocycles. The van der Waals surface area contributed by atoms with Gasteiger partial charge in [0, 0.05) is 24.8 Å². The minimum Gasteiger partial charge on any atom is -0.436 e. The summed E-state index contributed by atoms with van der Waals surface area (Å²) in [5, 5.41) is 7.46. The molecular weight excluding hydrogens is 240 g/mol. The minimum atomic E-state index is 0.605. The van der Waals surface area contributed by atoms with Crippen molar-refractivity contribution in [2.75, 3.05) is 6.54 Å². The summed E-state index contributed by atoms with van der Waals surface area (Å²) in [6.45, 7) is 8.74. The van der Waals surface area contributed by atoms with Gasteiger partial charge in [-0.05, 0) is 26.0 Å². The fourth-order valence-corrected chi connectivity index (χ4v) is 1.76. The van der Waals surface area contributed by atoms with Gasteiger partial charge >= 0.3 is 0 Å². The Labute approximate surface area is 113 Å². The van der Waals surface area contributed by atoms with Crippen molar-refractivity contribution in [3.8, 4) is 11.6 Å². The van der Waals surface area contributed by atoms with Gasteiger partial charge in [-0.3, -0.25) is 4.68 Å². The first-order valence-electron chi connectivity index (χ1n) is 6.60. The largest absolute Gasteiger partial charge is 0.436 e. The van der Waals surface area contributed by atoms with Crippen LogP contribution in [0.4, 0.5) is 0 Å². The Hall–Kier alpha value is -1.88. The highest BCUT2D eigenvalue weighted by Gasteiger charge is 2.05. The molecule has 19 heavy (non-hydrogen) atoms. The molecule has 0 aliphatic heterocycles. The topological polar surface area (TPSA) is 52.0 Å². The van der Waals surface area contributed by atoms with Crippen molar-refractivity contribution in [2.24, 2.45) is 0 Å². The van der Waals surface area contributed by atoms with Crippen LogP contribution in [0, 0.1) is 6.92 Å². The second-order valence-corrected chi connectivity index (χ2v) is 4.31. The molecule has 0 aliphatic rings. The number of nitrogens with zero attached hydrogens (tertiary/aromatic N) is 3. The number of ether oxygens (including phenoxy) is 1. The summed E-state index contributed by atoms with van der Waals surface area (Å²) in [7, 11) is 0. The zero-order valence-electron chi connectivity index (χ0n) is 11.7. The highest BCUT2D eigenvalue weighted by Crippen LogP contribution is 2.20. The summed E-state index contributed by atoms with van der Waals surface area (Å²) < 4.78 is 7.51. The summed E-state index contributed by atoms with van der Waals surface area (Å²) >= 11 is 0. The van der Waals surface area contributed by atoms with E-state index in [-0.39, 0.29) is 0 Å². The molecule has 0 atom stereocenters. The Kier molecular flexibility index (Phi) is 4.52. The maximum Gasteiger partial charge on any atom is 0.219 e. The van der Waals surface area contributed by atoms with Crippen LogP contribution in [-0.4, -0.2) is 21.3 Å². The molecule has 5 nitrogen and oxygen atoms in total. The van der Waals surface area contributed by atoms with E-state index >= 15 is 0 Å². The molecule has 2 aromatic rings. The van der Waals surface area contributed by atoms with Crippen molar-refractivity contribution in [1.29, 1.82) is 0 Å². The van der Waals surface area contributed by atoms with E-state index in [1.165, 1.54) is 5.56 Å². The summed E-state index contributed by atoms with van der Waals surface area (Å²) in [5.74, 6) is 1.32. The number of hydrogen-bond acceptors (Lipinski definition) is 4. The van der Waals surface area contributed by atoms with Gasteiger partial charge in [0.15, 0.2) is 5.75 Å². The molecule has 1 N–H and O–H groups in total. The average Bonchev–Trinajstić information content (AvgIpc) is 2.85. The Morgan fingerprint density at radius 2 is 2.16 bits per heavy atom. The van der Waals surface area contributed by atoms with Crippen LogP contribution in [0.5, 0.6) is 11.6 Å². The predicted molar refractivity (Wildman–Crippen MR) is 74.3 cm³/mol. The highest BCUT2D eigenvalue weighted by atomic mass is 16.5. The third kappa shape index (κ3) is 3.54. The second-order valence-electron chi connectivity index (χ2n) is 4.31. The van der Waals surface area contributed by atoms with Crippen LogP contribution in [0.3, 0.4) is 0 Å². The van der Waals surface area contributed by atoms with Crippen molar-refractivity contribution in [1.82, 2.24) is 20.1 Å². The van der Waals surface area contributed by atoms with Crippen LogP contribution in [0.2, 0.25) is 0 Å². The van der Waals surface area contributed by atoms with E-state index < -0.39 is 0 Å². The first kappa shape index (κ1) is 13.5. The van der Waals surface area contributed by atoms with Gasteiger partial charge in [0.25, 0.3) is 0 Å². The molecule has 0 spiro atoms. The van der Waals surface area contributed by atoms with E-state index in [1.807, 2.05) is 36.9 Å². The molecule has 0 aliphatic carbocycles. The molecule has 2 rings (SSSR count). The van der Waals surface area contributed by atoms with Gasteiger partial charge in [0.05, 0.1) is 12.4 Å². The molecule has 0 unspecified atom stereocenters. The number of pyridine rings is 1. The third-order valence-electron chi connectivity index (χ3n) is 2.89. The first-order valence-corrected chi connectivity index (χ1v) is 6.60. The molecular formula is C14H20N4O. The third-order valence-corrected chi connectivity index (χ3v) is 2.89. The lowest BCUT2D eigenvalue weighted by Gasteiger charge is -2.08. The van der Waals surface area contributed by atoms with E-state index in [2.05, 4.69) is 22.3 Å². The van der Waals surface area contributed by atoms with E-state index in [0.717, 1.165) is 25.3 Å². The summed E-state index contributed by atoms with van der Waals surface area (Å²) in [6, 6.07) is 3.94. The van der Waals surface area contributed by atoms with Gasteiger partial charge in [-0.25, -0.2) is 4.98 Å². The molecule has 0 aromatic carbocycles. The molecule has 2 aromatic heterocycles. The fraction of sp³-hybridized carbons (Fsp3) is 0.429. The van der Waals surface area contributed by atoms with Crippen molar-refractivity contribution >= 4 is 0 Å². The standard InChI is InChI=1S/C14H20N4O/c1-4-15-8-12-6-7-14(17-11(12)3)19-13-9-16-18(5-2)10-13/h6-7,9-10,15H,4-5,8H2,1-3H3. The molecule has 0 saturated heterocycles. The molecule has 102 valence electrons. The Morgan fingerprint density at radius 3 is 2.79 bits per heavy atom. The van der Waals surface area contributed by atoms with Gasteiger partial charge in [0.1, 0.15) is 0 Å². The Bertz CT molecular complexity index is 536. The van der Waals surface area contributed by atoms with Crippen LogP contribution >= 0.6 is 0 Å². The van der Waals surface area contributed by atoms with E-state index in [1.54, 1.807) is 6.20 Å². The molecule has 0 bridgehead atoms. The first-order chi connectivity index (χ1) is 9.22. The lowest BCUT2D eigenvalue weighted by Crippen LogP contribution is -2.13. The van der Waals surface area contributed by atoms with Crippen molar-refractivity contribution in [2.45, 2.75) is 33.9 Å². The summed E-state index contributed by atoms with van der Waals surface area (Å²) in [5.41, 5.74) is 2.18. The summed E-state index contributed by atoms with van der Waals surface area (Å²) in [6.07, 6.45) is 3.57. The number of aromatic nitrogens is 3. The van der Waals surface area contributed by atoms with Crippen LogP contribution in [0.15, 0.2) is 24.5 Å². The molecule has 0 saturated carbocycles. The van der Waals surface area contributed by atoms with Crippen LogP contribution < -0.4 is 10.1 Å². The summed E-state index contributed by atoms with van der Waals surface area (Å²) in [4.78, 5) is 4.46. The molecule has 0 radical (unpaired) electrons. The van der Waals surface area contributed by atoms with Gasteiger partial charge < -0.3 is 10.1 Å². The van der Waals surface area contributed by atoms with Gasteiger partial charge in [-0.1, -0.05) is 13.0 Å². The van der Waals surface area contributed by atoms with E-state index in [4.69, 9.17) is 4.74 Å². The SMILES string of the molecule is CCNCc1ccc(Oc2cnn(CC)c2)nc1C. The van der Waals surface area contributed by atoms with Crippen molar-refractivity contribution in [3.63, 3.8) is 0 Å². The lowest BCUT2D eigenvalue weighted by atomic mass is 10.2. The van der Waals surface area contributed by atoms with Crippen LogP contribution in [0.1, 0.15) is 25.1 Å². The average molecular weight is 260 g/mol. The molecule has 5 heteroatoms. The van der Waals surface area contributed by atoms with Gasteiger partial charge in [-0.2, -0.15) is 5.10 Å². The predicted octanol–water partition coefficient (Wildman–Crippen LogP) is 2.51. The maximum absolute atomic E-state index is 5.69. The second kappa shape index (κ2) is 6.33. The number of hydrogen-bond donors (Lipinski definition) is 1. The zero-order chi connectivity index (χ0) is 13.7. The van der Waals surface area contributed by atoms with Gasteiger partial charge in [0.2, 0.25) is 5.88 Å². The Balaban J connectivity index is 2.06. The van der Waals surface area contributed by atoms with Crippen LogP contribution in [-0.2, 0) is 13.1 Å². The maximum atomic E-state index is 5.69. The monoisotopic (exact) mass is 260 g/mol. The Morgan fingerprint density at radius 1 is 1.32 bits per heavy atom. The van der Waals surface area contributed by atoms with Crippen molar-refractivity contribution < 1.29 is 4.74 Å². The zero-order valence-corrected chi connectivity index (χ0v) is 11.7. The van der Waals surface area contributed by atoms with Gasteiger partial charge in [-0.15, -0.1) is 0 Å².